The topological polar surface area (TPSA) is 134 Å². The molecular weight excluding hydrogens is 689 g/mol. The molecule has 0 aromatic heterocycles. The first-order valence-electron chi connectivity index (χ1n) is 20.8. The fraction of sp³-hybridized carbons (Fsp3) is 0.721. The molecule has 0 aliphatic heterocycles. The highest BCUT2D eigenvalue weighted by atomic mass is 31.2. The number of carbonyl (C=O) groups excluding carboxylic acids is 2. The minimum atomic E-state index is -4.39. The summed E-state index contributed by atoms with van der Waals surface area (Å²) in [6, 6.07) is 0. The second-order valence-corrected chi connectivity index (χ2v) is 14.9. The lowest BCUT2D eigenvalue weighted by Gasteiger charge is -2.19. The van der Waals surface area contributed by atoms with Crippen LogP contribution in [-0.4, -0.2) is 49.3 Å². The molecule has 2 unspecified atom stereocenters. The lowest BCUT2D eigenvalue weighted by Crippen LogP contribution is -2.29. The molecular formula is C43H76NO8P. The van der Waals surface area contributed by atoms with E-state index >= 15 is 0 Å². The number of ether oxygens (including phenoxy) is 2. The van der Waals surface area contributed by atoms with E-state index in [1.165, 1.54) is 77.0 Å². The monoisotopic (exact) mass is 766 g/mol. The SMILES string of the molecule is CCCCCC=CCC=CCC=CCC=CCCCC(=O)OC(COC(=O)CCCCCCCCCC=CCCCCCC)COP(=O)(O)OCCN. The van der Waals surface area contributed by atoms with E-state index in [0.29, 0.717) is 12.8 Å². The zero-order chi connectivity index (χ0) is 38.9. The highest BCUT2D eigenvalue weighted by molar-refractivity contribution is 7.47. The van der Waals surface area contributed by atoms with Crippen LogP contribution in [-0.2, 0) is 32.7 Å². The highest BCUT2D eigenvalue weighted by Gasteiger charge is 2.25. The van der Waals surface area contributed by atoms with E-state index in [0.717, 1.165) is 51.4 Å². The average molecular weight is 766 g/mol. The molecule has 306 valence electrons. The summed E-state index contributed by atoms with van der Waals surface area (Å²) in [6.45, 7) is 3.61. The molecule has 10 heteroatoms. The van der Waals surface area contributed by atoms with Crippen LogP contribution in [0.3, 0.4) is 0 Å². The summed E-state index contributed by atoms with van der Waals surface area (Å²) in [5.74, 6) is -0.903. The molecule has 53 heavy (non-hydrogen) atoms. The quantitative estimate of drug-likeness (QED) is 0.0272. The molecule has 0 fully saturated rings. The van der Waals surface area contributed by atoms with Gasteiger partial charge in [0, 0.05) is 19.4 Å². The van der Waals surface area contributed by atoms with Crippen LogP contribution in [0.5, 0.6) is 0 Å². The van der Waals surface area contributed by atoms with E-state index in [9.17, 15) is 19.0 Å². The summed E-state index contributed by atoms with van der Waals surface area (Å²) in [6.07, 6.45) is 45.4. The van der Waals surface area contributed by atoms with Gasteiger partial charge < -0.3 is 20.1 Å². The Morgan fingerprint density at radius 2 is 1.00 bits per heavy atom. The van der Waals surface area contributed by atoms with Gasteiger partial charge in [0.15, 0.2) is 6.10 Å². The Morgan fingerprint density at radius 1 is 0.566 bits per heavy atom. The van der Waals surface area contributed by atoms with Gasteiger partial charge in [-0.25, -0.2) is 4.57 Å². The van der Waals surface area contributed by atoms with Gasteiger partial charge in [0.2, 0.25) is 0 Å². The number of allylic oxidation sites excluding steroid dienone is 10. The Labute approximate surface area is 323 Å². The molecule has 0 heterocycles. The summed E-state index contributed by atoms with van der Waals surface area (Å²) >= 11 is 0. The van der Waals surface area contributed by atoms with Gasteiger partial charge in [0.25, 0.3) is 0 Å². The second kappa shape index (κ2) is 39.4. The van der Waals surface area contributed by atoms with Crippen LogP contribution < -0.4 is 5.73 Å². The molecule has 0 spiro atoms. The zero-order valence-electron chi connectivity index (χ0n) is 33.5. The van der Waals surface area contributed by atoms with Gasteiger partial charge in [-0.3, -0.25) is 18.6 Å². The number of hydrogen-bond acceptors (Lipinski definition) is 8. The van der Waals surface area contributed by atoms with Crippen molar-refractivity contribution in [3.05, 3.63) is 60.8 Å². The number of esters is 2. The molecule has 0 radical (unpaired) electrons. The maximum Gasteiger partial charge on any atom is 0.472 e. The van der Waals surface area contributed by atoms with Crippen molar-refractivity contribution < 1.29 is 37.6 Å². The molecule has 2 atom stereocenters. The molecule has 0 saturated heterocycles. The summed E-state index contributed by atoms with van der Waals surface area (Å²) in [7, 11) is -4.39. The number of phosphoric acid groups is 1. The fourth-order valence-electron chi connectivity index (χ4n) is 5.27. The van der Waals surface area contributed by atoms with Gasteiger partial charge in [0.1, 0.15) is 6.61 Å². The predicted octanol–water partition coefficient (Wildman–Crippen LogP) is 11.7. The Morgan fingerprint density at radius 3 is 1.57 bits per heavy atom. The maximum atomic E-state index is 12.5. The summed E-state index contributed by atoms with van der Waals surface area (Å²) < 4.78 is 32.7. The second-order valence-electron chi connectivity index (χ2n) is 13.5. The van der Waals surface area contributed by atoms with Crippen molar-refractivity contribution >= 4 is 19.8 Å². The lowest BCUT2D eigenvalue weighted by atomic mass is 10.1. The van der Waals surface area contributed by atoms with E-state index in [2.05, 4.69) is 68.5 Å². The number of rotatable bonds is 38. The third-order valence-corrected chi connectivity index (χ3v) is 9.36. The van der Waals surface area contributed by atoms with Crippen molar-refractivity contribution in [3.8, 4) is 0 Å². The van der Waals surface area contributed by atoms with Crippen LogP contribution in [0, 0.1) is 0 Å². The largest absolute Gasteiger partial charge is 0.472 e. The first-order valence-corrected chi connectivity index (χ1v) is 22.3. The maximum absolute atomic E-state index is 12.5. The molecule has 0 aliphatic rings. The number of carbonyl (C=O) groups is 2. The number of nitrogens with two attached hydrogens (primary N) is 1. The summed E-state index contributed by atoms with van der Waals surface area (Å²) in [5.41, 5.74) is 5.34. The van der Waals surface area contributed by atoms with Gasteiger partial charge in [0.05, 0.1) is 13.2 Å². The predicted molar refractivity (Wildman–Crippen MR) is 219 cm³/mol. The van der Waals surface area contributed by atoms with Crippen LogP contribution in [0.1, 0.15) is 168 Å². The fourth-order valence-corrected chi connectivity index (χ4v) is 6.03. The minimum absolute atomic E-state index is 0.0419. The van der Waals surface area contributed by atoms with Crippen LogP contribution in [0.15, 0.2) is 60.8 Å². The molecule has 0 aromatic carbocycles. The number of phosphoric ester groups is 1. The third kappa shape index (κ3) is 39.2. The third-order valence-electron chi connectivity index (χ3n) is 8.38. The van der Waals surface area contributed by atoms with Crippen molar-refractivity contribution in [1.29, 1.82) is 0 Å². The minimum Gasteiger partial charge on any atom is -0.462 e. The van der Waals surface area contributed by atoms with E-state index in [1.54, 1.807) is 0 Å². The Hall–Kier alpha value is -2.29. The summed E-state index contributed by atoms with van der Waals surface area (Å²) in [5, 5.41) is 0. The van der Waals surface area contributed by atoms with Crippen molar-refractivity contribution in [2.24, 2.45) is 5.73 Å². The van der Waals surface area contributed by atoms with Gasteiger partial charge in [-0.2, -0.15) is 0 Å². The molecule has 0 rings (SSSR count). The molecule has 3 N–H and O–H groups in total. The number of unbranched alkanes of at least 4 members (excludes halogenated alkanes) is 15. The van der Waals surface area contributed by atoms with Crippen LogP contribution in [0.25, 0.3) is 0 Å². The lowest BCUT2D eigenvalue weighted by molar-refractivity contribution is -0.161. The number of hydrogen-bond donors (Lipinski definition) is 2. The summed E-state index contributed by atoms with van der Waals surface area (Å²) in [4.78, 5) is 34.8. The van der Waals surface area contributed by atoms with Crippen LogP contribution in [0.4, 0.5) is 0 Å². The van der Waals surface area contributed by atoms with Crippen molar-refractivity contribution in [2.45, 2.75) is 174 Å². The normalized spacial score (nSPS) is 14.0. The molecule has 0 bridgehead atoms. The molecule has 0 aromatic rings. The smallest absolute Gasteiger partial charge is 0.462 e. The first kappa shape index (κ1) is 50.7. The van der Waals surface area contributed by atoms with Crippen molar-refractivity contribution in [3.63, 3.8) is 0 Å². The zero-order valence-corrected chi connectivity index (χ0v) is 34.4. The Balaban J connectivity index is 4.30. The van der Waals surface area contributed by atoms with Gasteiger partial charge in [-0.15, -0.1) is 0 Å². The van der Waals surface area contributed by atoms with E-state index in [1.807, 2.05) is 6.08 Å². The molecule has 9 nitrogen and oxygen atoms in total. The Bertz CT molecular complexity index is 1050. The van der Waals surface area contributed by atoms with E-state index in [4.69, 9.17) is 24.3 Å². The van der Waals surface area contributed by atoms with Crippen molar-refractivity contribution in [1.82, 2.24) is 0 Å². The average Bonchev–Trinajstić information content (AvgIpc) is 3.14. The van der Waals surface area contributed by atoms with Gasteiger partial charge >= 0.3 is 19.8 Å². The first-order chi connectivity index (χ1) is 25.8. The highest BCUT2D eigenvalue weighted by Crippen LogP contribution is 2.43. The van der Waals surface area contributed by atoms with E-state index in [-0.39, 0.29) is 32.6 Å². The van der Waals surface area contributed by atoms with Crippen molar-refractivity contribution in [2.75, 3.05) is 26.4 Å². The molecule has 0 amide bonds. The van der Waals surface area contributed by atoms with E-state index < -0.39 is 32.5 Å². The van der Waals surface area contributed by atoms with Crippen LogP contribution in [0.2, 0.25) is 0 Å². The molecule has 0 aliphatic carbocycles. The van der Waals surface area contributed by atoms with Gasteiger partial charge in [-0.1, -0.05) is 139 Å². The Kier molecular flexibility index (Phi) is 37.7. The molecule has 0 saturated carbocycles. The van der Waals surface area contributed by atoms with Gasteiger partial charge in [-0.05, 0) is 77.0 Å². The van der Waals surface area contributed by atoms with Crippen LogP contribution >= 0.6 is 7.82 Å². The standard InChI is InChI=1S/C43H76NO8P/c1-3-5-7-9-11-13-15-17-19-20-22-24-26-28-30-32-34-36-43(46)52-41(40-51-53(47,48)50-38-37-44)39-49-42(45)35-33-31-29-27-25-23-21-18-16-14-12-10-8-6-4-2/h11,13-14,16-17,19,22,24,28,30,41H,3-10,12,15,18,20-21,23,25-27,29,31-40,44H2,1-2H3,(H,47,48).